The summed E-state index contributed by atoms with van der Waals surface area (Å²) in [6, 6.07) is 0. The van der Waals surface area contributed by atoms with Crippen molar-refractivity contribution in [1.29, 1.82) is 0 Å². The molecule has 1 aliphatic carbocycles. The molecular weight excluding hydrogens is 214 g/mol. The van der Waals surface area contributed by atoms with Crippen LogP contribution in [-0.2, 0) is 5.41 Å². The Labute approximate surface area is 102 Å². The molecule has 4 heteroatoms. The van der Waals surface area contributed by atoms with Gasteiger partial charge >= 0.3 is 0 Å². The zero-order chi connectivity index (χ0) is 11.7. The maximum atomic E-state index is 5.49. The number of nitrogens with one attached hydrogen (secondary N) is 1. The van der Waals surface area contributed by atoms with Gasteiger partial charge in [-0.05, 0) is 38.8 Å². The summed E-state index contributed by atoms with van der Waals surface area (Å²) in [5.41, 5.74) is 0.175. The first-order chi connectivity index (χ1) is 8.28. The molecule has 2 fully saturated rings. The Morgan fingerprint density at radius 1 is 1.24 bits per heavy atom. The van der Waals surface area contributed by atoms with Crippen molar-refractivity contribution in [2.75, 3.05) is 13.1 Å². The van der Waals surface area contributed by atoms with Gasteiger partial charge in [0.2, 0.25) is 5.89 Å². The average molecular weight is 235 g/mol. The summed E-state index contributed by atoms with van der Waals surface area (Å²) in [5, 5.41) is 7.60. The van der Waals surface area contributed by atoms with Crippen molar-refractivity contribution in [2.24, 2.45) is 0 Å². The fraction of sp³-hybridized carbons (Fsp3) is 0.846. The summed E-state index contributed by atoms with van der Waals surface area (Å²) in [6.45, 7) is 4.41. The highest BCUT2D eigenvalue weighted by molar-refractivity contribution is 5.09. The van der Waals surface area contributed by atoms with Gasteiger partial charge in [-0.1, -0.05) is 24.9 Å². The van der Waals surface area contributed by atoms with Crippen LogP contribution in [-0.4, -0.2) is 23.2 Å². The highest BCUT2D eigenvalue weighted by atomic mass is 16.5. The van der Waals surface area contributed by atoms with E-state index in [4.69, 9.17) is 4.52 Å². The van der Waals surface area contributed by atoms with Gasteiger partial charge in [-0.3, -0.25) is 0 Å². The van der Waals surface area contributed by atoms with Gasteiger partial charge < -0.3 is 9.84 Å². The van der Waals surface area contributed by atoms with Gasteiger partial charge in [0.25, 0.3) is 0 Å². The van der Waals surface area contributed by atoms with Crippen LogP contribution >= 0.6 is 0 Å². The number of aromatic nitrogens is 2. The lowest BCUT2D eigenvalue weighted by Crippen LogP contribution is -2.27. The minimum atomic E-state index is 0.175. The number of piperidine rings is 1. The Balaban J connectivity index is 1.77. The van der Waals surface area contributed by atoms with Crippen molar-refractivity contribution >= 4 is 0 Å². The largest absolute Gasteiger partial charge is 0.339 e. The number of hydrogen-bond acceptors (Lipinski definition) is 4. The standard InChI is InChI=1S/C13H21N3O/c1-13(6-2-3-7-13)12-15-11(17-16-12)10-4-8-14-9-5-10/h10,14H,2-9H2,1H3. The molecule has 0 aromatic carbocycles. The molecule has 2 aliphatic rings. The molecule has 1 aliphatic heterocycles. The van der Waals surface area contributed by atoms with Gasteiger partial charge in [0.1, 0.15) is 0 Å². The number of hydrogen-bond donors (Lipinski definition) is 1. The molecule has 0 bridgehead atoms. The Bertz CT molecular complexity index is 376. The van der Waals surface area contributed by atoms with Crippen LogP contribution in [0.15, 0.2) is 4.52 Å². The Morgan fingerprint density at radius 2 is 1.94 bits per heavy atom. The van der Waals surface area contributed by atoms with Crippen LogP contribution in [0.4, 0.5) is 0 Å². The van der Waals surface area contributed by atoms with E-state index in [9.17, 15) is 0 Å². The molecule has 1 saturated carbocycles. The molecular formula is C13H21N3O. The second kappa shape index (κ2) is 4.41. The van der Waals surface area contributed by atoms with Crippen LogP contribution in [0.2, 0.25) is 0 Å². The first kappa shape index (κ1) is 11.2. The van der Waals surface area contributed by atoms with Crippen LogP contribution in [0, 0.1) is 0 Å². The molecule has 0 unspecified atom stereocenters. The van der Waals surface area contributed by atoms with E-state index in [-0.39, 0.29) is 5.41 Å². The lowest BCUT2D eigenvalue weighted by Gasteiger charge is -2.19. The predicted molar refractivity (Wildman–Crippen MR) is 65.0 cm³/mol. The van der Waals surface area contributed by atoms with Gasteiger partial charge in [-0.2, -0.15) is 4.98 Å². The lowest BCUT2D eigenvalue weighted by molar-refractivity contribution is 0.312. The van der Waals surface area contributed by atoms with E-state index in [0.29, 0.717) is 5.92 Å². The molecule has 0 radical (unpaired) electrons. The van der Waals surface area contributed by atoms with Crippen LogP contribution in [0.25, 0.3) is 0 Å². The van der Waals surface area contributed by atoms with E-state index >= 15 is 0 Å². The van der Waals surface area contributed by atoms with Crippen molar-refractivity contribution in [3.8, 4) is 0 Å². The summed E-state index contributed by atoms with van der Waals surface area (Å²) in [7, 11) is 0. The van der Waals surface area contributed by atoms with Crippen LogP contribution in [0.3, 0.4) is 0 Å². The van der Waals surface area contributed by atoms with Crippen LogP contribution in [0.5, 0.6) is 0 Å². The third-order valence-electron chi connectivity index (χ3n) is 4.38. The summed E-state index contributed by atoms with van der Waals surface area (Å²) in [6.07, 6.45) is 7.26. The minimum Gasteiger partial charge on any atom is -0.339 e. The SMILES string of the molecule is CC1(c2noc(C3CCNCC3)n2)CCCC1. The Hall–Kier alpha value is -0.900. The molecule has 1 aromatic rings. The van der Waals surface area contributed by atoms with Crippen LogP contribution in [0.1, 0.15) is 63.1 Å². The third kappa shape index (κ3) is 2.10. The van der Waals surface area contributed by atoms with Gasteiger partial charge in [-0.15, -0.1) is 0 Å². The first-order valence-corrected chi connectivity index (χ1v) is 6.83. The second-order valence-corrected chi connectivity index (χ2v) is 5.75. The number of rotatable bonds is 2. The highest BCUT2D eigenvalue weighted by Gasteiger charge is 2.36. The van der Waals surface area contributed by atoms with Crippen molar-refractivity contribution in [3.05, 3.63) is 11.7 Å². The molecule has 0 amide bonds. The third-order valence-corrected chi connectivity index (χ3v) is 4.38. The monoisotopic (exact) mass is 235 g/mol. The smallest absolute Gasteiger partial charge is 0.229 e. The zero-order valence-electron chi connectivity index (χ0n) is 10.5. The quantitative estimate of drug-likeness (QED) is 0.855. The highest BCUT2D eigenvalue weighted by Crippen LogP contribution is 2.39. The molecule has 17 heavy (non-hydrogen) atoms. The molecule has 1 aromatic heterocycles. The van der Waals surface area contributed by atoms with E-state index in [1.807, 2.05) is 0 Å². The molecule has 3 rings (SSSR count). The Morgan fingerprint density at radius 3 is 2.65 bits per heavy atom. The number of nitrogens with zero attached hydrogens (tertiary/aromatic N) is 2. The summed E-state index contributed by atoms with van der Waals surface area (Å²) >= 11 is 0. The maximum absolute atomic E-state index is 5.49. The molecule has 0 spiro atoms. The Kier molecular flexibility index (Phi) is 2.90. The topological polar surface area (TPSA) is 51.0 Å². The maximum Gasteiger partial charge on any atom is 0.229 e. The van der Waals surface area contributed by atoms with Crippen molar-refractivity contribution in [1.82, 2.24) is 15.5 Å². The van der Waals surface area contributed by atoms with Crippen molar-refractivity contribution in [2.45, 2.75) is 56.8 Å². The van der Waals surface area contributed by atoms with Crippen molar-refractivity contribution < 1.29 is 4.52 Å². The molecule has 94 valence electrons. The van der Waals surface area contributed by atoms with Gasteiger partial charge in [0.05, 0.1) is 0 Å². The normalized spacial score (nSPS) is 25.2. The zero-order valence-corrected chi connectivity index (χ0v) is 10.5. The summed E-state index contributed by atoms with van der Waals surface area (Å²) in [5.74, 6) is 2.29. The predicted octanol–water partition coefficient (Wildman–Crippen LogP) is 2.37. The van der Waals surface area contributed by atoms with Crippen molar-refractivity contribution in [3.63, 3.8) is 0 Å². The minimum absolute atomic E-state index is 0.175. The van der Waals surface area contributed by atoms with Crippen LogP contribution < -0.4 is 5.32 Å². The summed E-state index contributed by atoms with van der Waals surface area (Å²) in [4.78, 5) is 4.68. The molecule has 4 nitrogen and oxygen atoms in total. The molecule has 1 N–H and O–H groups in total. The van der Waals surface area contributed by atoms with Gasteiger partial charge in [-0.25, -0.2) is 0 Å². The lowest BCUT2D eigenvalue weighted by atomic mass is 9.88. The van der Waals surface area contributed by atoms with E-state index in [2.05, 4.69) is 22.4 Å². The summed E-state index contributed by atoms with van der Waals surface area (Å²) < 4.78 is 5.49. The van der Waals surface area contributed by atoms with Gasteiger partial charge in [0, 0.05) is 11.3 Å². The fourth-order valence-corrected chi connectivity index (χ4v) is 3.09. The van der Waals surface area contributed by atoms with E-state index in [1.54, 1.807) is 0 Å². The molecule has 2 heterocycles. The molecule has 0 atom stereocenters. The van der Waals surface area contributed by atoms with Gasteiger partial charge in [0.15, 0.2) is 5.82 Å². The second-order valence-electron chi connectivity index (χ2n) is 5.75. The fourth-order valence-electron chi connectivity index (χ4n) is 3.09. The van der Waals surface area contributed by atoms with E-state index in [0.717, 1.165) is 37.6 Å². The molecule has 1 saturated heterocycles. The first-order valence-electron chi connectivity index (χ1n) is 6.83. The average Bonchev–Trinajstić information content (AvgIpc) is 2.99. The van der Waals surface area contributed by atoms with E-state index < -0.39 is 0 Å². The van der Waals surface area contributed by atoms with E-state index in [1.165, 1.54) is 25.7 Å².